The van der Waals surface area contributed by atoms with E-state index in [0.29, 0.717) is 16.8 Å². The normalized spacial score (nSPS) is 12.1. The van der Waals surface area contributed by atoms with E-state index in [4.69, 9.17) is 22.1 Å². The molecule has 10 heteroatoms. The van der Waals surface area contributed by atoms with Gasteiger partial charge in [0.05, 0.1) is 29.3 Å². The summed E-state index contributed by atoms with van der Waals surface area (Å²) < 4.78 is 33.8. The van der Waals surface area contributed by atoms with Crippen LogP contribution in [-0.4, -0.2) is 36.4 Å². The Morgan fingerprint density at radius 1 is 1.00 bits per heavy atom. The van der Waals surface area contributed by atoms with Crippen LogP contribution in [0.15, 0.2) is 87.7 Å². The van der Waals surface area contributed by atoms with Crippen molar-refractivity contribution in [1.82, 2.24) is 14.6 Å². The van der Waals surface area contributed by atoms with Gasteiger partial charge in [0, 0.05) is 5.02 Å². The maximum Gasteiger partial charge on any atom is 0.212 e. The molecule has 0 saturated heterocycles. The zero-order valence-corrected chi connectivity index (χ0v) is 19.5. The first-order valence-electron chi connectivity index (χ1n) is 10.1. The van der Waals surface area contributed by atoms with E-state index in [-0.39, 0.29) is 31.8 Å². The lowest BCUT2D eigenvalue weighted by Gasteiger charge is -2.05. The molecule has 0 aliphatic heterocycles. The molecule has 5 rings (SSSR count). The number of ether oxygens (including phenoxy) is 1. The highest BCUT2D eigenvalue weighted by Crippen LogP contribution is 2.35. The minimum atomic E-state index is -4.09. The minimum absolute atomic E-state index is 0.00233. The third kappa shape index (κ3) is 3.74. The van der Waals surface area contributed by atoms with Crippen molar-refractivity contribution >= 4 is 55.7 Å². The minimum Gasteiger partial charge on any atom is -0.497 e. The number of rotatable bonds is 5. The van der Waals surface area contributed by atoms with Gasteiger partial charge < -0.3 is 10.5 Å². The number of nitrogens with two attached hydrogens (primary N) is 1. The Hall–Kier alpha value is -3.95. The molecule has 2 N–H and O–H groups in total. The quantitative estimate of drug-likeness (QED) is 0.361. The summed E-state index contributed by atoms with van der Waals surface area (Å²) in [4.78, 5) is 9.03. The monoisotopic (exact) mass is 491 g/mol. The van der Waals surface area contributed by atoms with Crippen LogP contribution in [-0.2, 0) is 9.84 Å². The summed E-state index contributed by atoms with van der Waals surface area (Å²) in [6.07, 6.45) is 1.55. The van der Waals surface area contributed by atoms with Gasteiger partial charge in [-0.2, -0.15) is 9.78 Å². The second-order valence-electron chi connectivity index (χ2n) is 7.39. The van der Waals surface area contributed by atoms with Crippen LogP contribution in [0.1, 0.15) is 5.56 Å². The van der Waals surface area contributed by atoms with E-state index in [2.05, 4.69) is 15.1 Å². The Labute approximate surface area is 200 Å². The fourth-order valence-corrected chi connectivity index (χ4v) is 5.39. The van der Waals surface area contributed by atoms with Crippen molar-refractivity contribution in [2.45, 2.75) is 9.79 Å². The first kappa shape index (κ1) is 21.9. The number of sulfone groups is 1. The molecule has 0 saturated carbocycles. The van der Waals surface area contributed by atoms with E-state index < -0.39 is 9.84 Å². The third-order valence-corrected chi connectivity index (χ3v) is 7.27. The molecule has 0 bridgehead atoms. The fraction of sp³-hybridized carbons (Fsp3) is 0.0417. The molecule has 0 aliphatic carbocycles. The Morgan fingerprint density at radius 2 is 1.74 bits per heavy atom. The largest absolute Gasteiger partial charge is 0.497 e. The first-order valence-corrected chi connectivity index (χ1v) is 12.0. The number of anilines is 1. The molecule has 0 radical (unpaired) electrons. The summed E-state index contributed by atoms with van der Waals surface area (Å²) in [7, 11) is -2.52. The van der Waals surface area contributed by atoms with Crippen LogP contribution in [0.25, 0.3) is 22.2 Å². The van der Waals surface area contributed by atoms with Crippen molar-refractivity contribution < 1.29 is 13.2 Å². The zero-order valence-electron chi connectivity index (χ0n) is 17.9. The van der Waals surface area contributed by atoms with Crippen LogP contribution in [0.4, 0.5) is 5.82 Å². The van der Waals surface area contributed by atoms with Crippen molar-refractivity contribution in [2.75, 3.05) is 12.8 Å². The van der Waals surface area contributed by atoms with Gasteiger partial charge in [-0.25, -0.2) is 18.4 Å². The predicted octanol–water partition coefficient (Wildman–Crippen LogP) is 4.54. The lowest BCUT2D eigenvalue weighted by atomic mass is 10.2. The Balaban J connectivity index is 1.78. The summed E-state index contributed by atoms with van der Waals surface area (Å²) >= 11 is 6.06. The topological polar surface area (TPSA) is 112 Å². The van der Waals surface area contributed by atoms with Crippen LogP contribution >= 0.6 is 11.6 Å². The Bertz CT molecular complexity index is 1700. The smallest absolute Gasteiger partial charge is 0.212 e. The summed E-state index contributed by atoms with van der Waals surface area (Å²) in [5.74, 6) is 0.550. The van der Waals surface area contributed by atoms with Crippen LogP contribution in [0.3, 0.4) is 0 Å². The Morgan fingerprint density at radius 3 is 2.47 bits per heavy atom. The number of hydrogen-bond acceptors (Lipinski definition) is 7. The number of nitrogen functional groups attached to an aromatic ring is 1. The molecule has 0 amide bonds. The highest BCUT2D eigenvalue weighted by Gasteiger charge is 2.30. The van der Waals surface area contributed by atoms with E-state index in [0.717, 1.165) is 5.56 Å². The van der Waals surface area contributed by atoms with Crippen molar-refractivity contribution in [3.63, 3.8) is 0 Å². The maximum absolute atomic E-state index is 13.6. The van der Waals surface area contributed by atoms with Gasteiger partial charge in [-0.1, -0.05) is 41.9 Å². The molecule has 0 unspecified atom stereocenters. The van der Waals surface area contributed by atoms with Gasteiger partial charge in [0.1, 0.15) is 22.0 Å². The second kappa shape index (κ2) is 8.44. The number of halogens is 1. The third-order valence-electron chi connectivity index (χ3n) is 5.22. The summed E-state index contributed by atoms with van der Waals surface area (Å²) in [6.45, 7) is 0. The number of hydrogen-bond donors (Lipinski definition) is 1. The van der Waals surface area contributed by atoms with E-state index >= 15 is 0 Å². The first-order chi connectivity index (χ1) is 16.4. The molecule has 3 aromatic carbocycles. The molecule has 0 spiro atoms. The molecule has 2 aromatic heterocycles. The summed E-state index contributed by atoms with van der Waals surface area (Å²) in [6, 6.07) is 20.4. The van der Waals surface area contributed by atoms with Gasteiger partial charge in [-0.3, -0.25) is 0 Å². The number of para-hydroxylation sites is 2. The highest BCUT2D eigenvalue weighted by atomic mass is 35.5. The van der Waals surface area contributed by atoms with Gasteiger partial charge in [0.15, 0.2) is 5.65 Å². The van der Waals surface area contributed by atoms with Crippen molar-refractivity contribution in [3.05, 3.63) is 83.4 Å². The van der Waals surface area contributed by atoms with E-state index in [1.807, 2.05) is 24.3 Å². The van der Waals surface area contributed by atoms with Gasteiger partial charge in [0.2, 0.25) is 9.84 Å². The zero-order chi connectivity index (χ0) is 23.9. The standard InChI is InChI=1S/C24H18ClN5O3S/c1-33-17-8-4-6-15(12-17)14-27-30-23(26)22(34(31,32)18-9-5-7-16(25)13-18)21-24(30)29-20-11-3-2-10-19(20)28-21/h2-14H,26H2,1H3/b27-14+. The van der Waals surface area contributed by atoms with Crippen LogP contribution in [0, 0.1) is 0 Å². The molecule has 0 atom stereocenters. The average Bonchev–Trinajstić information content (AvgIpc) is 3.12. The second-order valence-corrected chi connectivity index (χ2v) is 9.72. The lowest BCUT2D eigenvalue weighted by Crippen LogP contribution is -2.06. The van der Waals surface area contributed by atoms with Gasteiger partial charge >= 0.3 is 0 Å². The molecule has 2 heterocycles. The van der Waals surface area contributed by atoms with Gasteiger partial charge in [-0.05, 0) is 48.0 Å². The van der Waals surface area contributed by atoms with Gasteiger partial charge in [-0.15, -0.1) is 0 Å². The molecule has 8 nitrogen and oxygen atoms in total. The molecular weight excluding hydrogens is 474 g/mol. The number of methoxy groups -OCH3 is 1. The maximum atomic E-state index is 13.6. The molecular formula is C24H18ClN5O3S. The van der Waals surface area contributed by atoms with Gasteiger partial charge in [0.25, 0.3) is 0 Å². The van der Waals surface area contributed by atoms with Crippen molar-refractivity contribution in [3.8, 4) is 5.75 Å². The molecule has 5 aromatic rings. The number of nitrogens with zero attached hydrogens (tertiary/aromatic N) is 4. The SMILES string of the molecule is COc1cccc(/C=N/n2c(N)c(S(=O)(=O)c3cccc(Cl)c3)c3nc4ccccc4nc32)c1. The number of benzene rings is 3. The number of fused-ring (bicyclic) bond motifs is 2. The van der Waals surface area contributed by atoms with Crippen LogP contribution < -0.4 is 10.5 Å². The highest BCUT2D eigenvalue weighted by molar-refractivity contribution is 7.92. The Kier molecular flexibility index (Phi) is 5.43. The average molecular weight is 492 g/mol. The predicted molar refractivity (Wildman–Crippen MR) is 132 cm³/mol. The number of aromatic nitrogens is 3. The molecule has 0 fully saturated rings. The van der Waals surface area contributed by atoms with Crippen LogP contribution in [0.5, 0.6) is 5.75 Å². The molecule has 0 aliphatic rings. The van der Waals surface area contributed by atoms with E-state index in [9.17, 15) is 8.42 Å². The lowest BCUT2D eigenvalue weighted by molar-refractivity contribution is 0.415. The van der Waals surface area contributed by atoms with Crippen LogP contribution in [0.2, 0.25) is 5.02 Å². The van der Waals surface area contributed by atoms with Crippen molar-refractivity contribution in [1.29, 1.82) is 0 Å². The molecule has 170 valence electrons. The summed E-state index contributed by atoms with van der Waals surface area (Å²) in [5.41, 5.74) is 8.58. The fourth-order valence-electron chi connectivity index (χ4n) is 3.60. The summed E-state index contributed by atoms with van der Waals surface area (Å²) in [5, 5.41) is 4.74. The van der Waals surface area contributed by atoms with E-state index in [1.165, 1.54) is 16.8 Å². The van der Waals surface area contributed by atoms with E-state index in [1.54, 1.807) is 49.7 Å². The van der Waals surface area contributed by atoms with Crippen molar-refractivity contribution in [2.24, 2.45) is 5.10 Å². The molecule has 34 heavy (non-hydrogen) atoms.